The van der Waals surface area contributed by atoms with E-state index in [-0.39, 0.29) is 6.54 Å². The Morgan fingerprint density at radius 3 is 2.29 bits per heavy atom. The second-order valence-electron chi connectivity index (χ2n) is 6.78. The first kappa shape index (κ1) is 17.8. The van der Waals surface area contributed by atoms with Crippen molar-refractivity contribution in [3.63, 3.8) is 0 Å². The Morgan fingerprint density at radius 2 is 1.86 bits per heavy atom. The molecule has 1 heterocycles. The van der Waals surface area contributed by atoms with Crippen molar-refractivity contribution in [3.05, 3.63) is 0 Å². The summed E-state index contributed by atoms with van der Waals surface area (Å²) in [6.45, 7) is 10.1. The maximum Gasteiger partial charge on any atom is 0.407 e. The maximum absolute atomic E-state index is 11.7. The Morgan fingerprint density at radius 1 is 1.29 bits per heavy atom. The molecule has 0 spiro atoms. The molecule has 6 heteroatoms. The van der Waals surface area contributed by atoms with Crippen LogP contribution in [0.2, 0.25) is 0 Å². The zero-order chi connectivity index (χ0) is 16.1. The molecule has 0 aromatic rings. The van der Waals surface area contributed by atoms with Crippen molar-refractivity contribution < 1.29 is 19.4 Å². The number of hydrogen-bond donors (Lipinski definition) is 2. The molecule has 1 aliphatic heterocycles. The van der Waals surface area contributed by atoms with E-state index in [1.54, 1.807) is 20.8 Å². The second-order valence-corrected chi connectivity index (χ2v) is 6.78. The molecule has 0 aliphatic carbocycles. The summed E-state index contributed by atoms with van der Waals surface area (Å²) in [4.78, 5) is 25.6. The molecule has 0 aromatic heterocycles. The van der Waals surface area contributed by atoms with Crippen LogP contribution in [0.3, 0.4) is 0 Å². The summed E-state index contributed by atoms with van der Waals surface area (Å²) >= 11 is 0. The van der Waals surface area contributed by atoms with E-state index >= 15 is 0 Å². The average Bonchev–Trinajstić information content (AvgIpc) is 2.36. The Labute approximate surface area is 126 Å². The molecule has 1 aliphatic rings. The zero-order valence-corrected chi connectivity index (χ0v) is 13.6. The number of carboxylic acid groups (broad SMARTS) is 1. The number of nitrogens with one attached hydrogen (secondary N) is 1. The van der Waals surface area contributed by atoms with E-state index in [9.17, 15) is 14.7 Å². The Balaban J connectivity index is 2.55. The van der Waals surface area contributed by atoms with Gasteiger partial charge in [-0.25, -0.2) is 4.79 Å². The van der Waals surface area contributed by atoms with Crippen LogP contribution in [-0.2, 0) is 9.53 Å². The van der Waals surface area contributed by atoms with Crippen LogP contribution >= 0.6 is 0 Å². The number of ether oxygens (including phenoxy) is 1. The zero-order valence-electron chi connectivity index (χ0n) is 13.6. The van der Waals surface area contributed by atoms with Gasteiger partial charge in [0, 0.05) is 6.54 Å². The number of aliphatic carboxylic acids is 1. The smallest absolute Gasteiger partial charge is 0.407 e. The molecule has 0 aromatic carbocycles. The fourth-order valence-electron chi connectivity index (χ4n) is 2.54. The molecule has 0 saturated carbocycles. The third-order valence-electron chi connectivity index (χ3n) is 3.78. The standard InChI is InChI=1S/C15H28N2O4/c1-5-8-17-9-6-15(7-10-17,12(18)19)11-16-13(20)21-14(2,3)4/h5-11H2,1-4H3,(H,16,20)(H,18,19). The largest absolute Gasteiger partial charge is 0.481 e. The fourth-order valence-corrected chi connectivity index (χ4v) is 2.54. The lowest BCUT2D eigenvalue weighted by atomic mass is 9.78. The van der Waals surface area contributed by atoms with Crippen LogP contribution in [0.25, 0.3) is 0 Å². The number of hydrogen-bond acceptors (Lipinski definition) is 4. The fraction of sp³-hybridized carbons (Fsp3) is 0.867. The first-order valence-corrected chi connectivity index (χ1v) is 7.61. The second kappa shape index (κ2) is 7.11. The molecule has 0 unspecified atom stereocenters. The number of carbonyl (C=O) groups excluding carboxylic acids is 1. The normalized spacial score (nSPS) is 19.0. The number of carbonyl (C=O) groups is 2. The predicted octanol–water partition coefficient (Wildman–Crippen LogP) is 2.09. The number of carboxylic acids is 1. The van der Waals surface area contributed by atoms with Gasteiger partial charge in [0.15, 0.2) is 0 Å². The van der Waals surface area contributed by atoms with Gasteiger partial charge in [-0.3, -0.25) is 4.79 Å². The first-order chi connectivity index (χ1) is 9.68. The van der Waals surface area contributed by atoms with Gasteiger partial charge in [0.25, 0.3) is 0 Å². The van der Waals surface area contributed by atoms with Crippen molar-refractivity contribution in [3.8, 4) is 0 Å². The molecule has 0 atom stereocenters. The molecule has 1 saturated heterocycles. The molecule has 0 bridgehead atoms. The molecule has 1 fully saturated rings. The van der Waals surface area contributed by atoms with E-state index in [4.69, 9.17) is 4.74 Å². The Hall–Kier alpha value is -1.30. The van der Waals surface area contributed by atoms with Gasteiger partial charge in [0.2, 0.25) is 0 Å². The van der Waals surface area contributed by atoms with Crippen molar-refractivity contribution in [2.24, 2.45) is 5.41 Å². The third kappa shape index (κ3) is 5.53. The average molecular weight is 300 g/mol. The topological polar surface area (TPSA) is 78.9 Å². The van der Waals surface area contributed by atoms with E-state index in [1.807, 2.05) is 0 Å². The molecule has 1 rings (SSSR count). The summed E-state index contributed by atoms with van der Waals surface area (Å²) < 4.78 is 5.16. The summed E-state index contributed by atoms with van der Waals surface area (Å²) in [6.07, 6.45) is 1.62. The molecule has 6 nitrogen and oxygen atoms in total. The van der Waals surface area contributed by atoms with Crippen LogP contribution in [0.15, 0.2) is 0 Å². The summed E-state index contributed by atoms with van der Waals surface area (Å²) in [6, 6.07) is 0. The lowest BCUT2D eigenvalue weighted by Crippen LogP contribution is -2.51. The van der Waals surface area contributed by atoms with Gasteiger partial charge >= 0.3 is 12.1 Å². The number of likely N-dealkylation sites (tertiary alicyclic amines) is 1. The van der Waals surface area contributed by atoms with Crippen molar-refractivity contribution >= 4 is 12.1 Å². The minimum absolute atomic E-state index is 0.122. The highest BCUT2D eigenvalue weighted by Crippen LogP contribution is 2.31. The highest BCUT2D eigenvalue weighted by molar-refractivity contribution is 5.76. The molecule has 0 radical (unpaired) electrons. The van der Waals surface area contributed by atoms with E-state index in [0.29, 0.717) is 12.8 Å². The van der Waals surface area contributed by atoms with Crippen LogP contribution in [0.4, 0.5) is 4.79 Å². The number of amides is 1. The summed E-state index contributed by atoms with van der Waals surface area (Å²) in [7, 11) is 0. The summed E-state index contributed by atoms with van der Waals surface area (Å²) in [5, 5.41) is 12.2. The van der Waals surface area contributed by atoms with Gasteiger partial charge in [-0.1, -0.05) is 6.92 Å². The number of alkyl carbamates (subject to hydrolysis) is 1. The third-order valence-corrected chi connectivity index (χ3v) is 3.78. The number of piperidine rings is 1. The van der Waals surface area contributed by atoms with Gasteiger partial charge < -0.3 is 20.1 Å². The summed E-state index contributed by atoms with van der Waals surface area (Å²) in [5.74, 6) is -0.838. The lowest BCUT2D eigenvalue weighted by Gasteiger charge is -2.38. The van der Waals surface area contributed by atoms with Crippen LogP contribution in [0.1, 0.15) is 47.0 Å². The van der Waals surface area contributed by atoms with Crippen LogP contribution < -0.4 is 5.32 Å². The summed E-state index contributed by atoms with van der Waals surface area (Å²) in [5.41, 5.74) is -1.45. The van der Waals surface area contributed by atoms with Crippen LogP contribution in [-0.4, -0.2) is 53.8 Å². The van der Waals surface area contributed by atoms with Crippen molar-refractivity contribution in [1.82, 2.24) is 10.2 Å². The van der Waals surface area contributed by atoms with Gasteiger partial charge in [-0.2, -0.15) is 0 Å². The molecule has 1 amide bonds. The SMILES string of the molecule is CCCN1CCC(CNC(=O)OC(C)(C)C)(C(=O)O)CC1. The highest BCUT2D eigenvalue weighted by Gasteiger charge is 2.41. The van der Waals surface area contributed by atoms with E-state index in [0.717, 1.165) is 26.1 Å². The molecular weight excluding hydrogens is 272 g/mol. The highest BCUT2D eigenvalue weighted by atomic mass is 16.6. The number of nitrogens with zero attached hydrogens (tertiary/aromatic N) is 1. The first-order valence-electron chi connectivity index (χ1n) is 7.61. The van der Waals surface area contributed by atoms with Crippen molar-refractivity contribution in [1.29, 1.82) is 0 Å². The lowest BCUT2D eigenvalue weighted by molar-refractivity contribution is -0.151. The molecule has 2 N–H and O–H groups in total. The van der Waals surface area contributed by atoms with E-state index in [2.05, 4.69) is 17.1 Å². The molecule has 21 heavy (non-hydrogen) atoms. The minimum Gasteiger partial charge on any atom is -0.481 e. The van der Waals surface area contributed by atoms with Crippen LogP contribution in [0, 0.1) is 5.41 Å². The van der Waals surface area contributed by atoms with Gasteiger partial charge in [-0.15, -0.1) is 0 Å². The molecule has 122 valence electrons. The monoisotopic (exact) mass is 300 g/mol. The predicted molar refractivity (Wildman–Crippen MR) is 80.3 cm³/mol. The minimum atomic E-state index is -0.874. The number of rotatable bonds is 5. The van der Waals surface area contributed by atoms with Gasteiger partial charge in [0.05, 0.1) is 5.41 Å². The Bertz CT molecular complexity index is 368. The van der Waals surface area contributed by atoms with Crippen molar-refractivity contribution in [2.45, 2.75) is 52.6 Å². The van der Waals surface area contributed by atoms with Gasteiger partial charge in [-0.05, 0) is 59.7 Å². The van der Waals surface area contributed by atoms with Crippen LogP contribution in [0.5, 0.6) is 0 Å². The Kier molecular flexibility index (Phi) is 6.01. The van der Waals surface area contributed by atoms with E-state index in [1.165, 1.54) is 0 Å². The van der Waals surface area contributed by atoms with E-state index < -0.39 is 23.1 Å². The van der Waals surface area contributed by atoms with Gasteiger partial charge in [0.1, 0.15) is 5.60 Å². The van der Waals surface area contributed by atoms with Crippen molar-refractivity contribution in [2.75, 3.05) is 26.2 Å². The quantitative estimate of drug-likeness (QED) is 0.813. The maximum atomic E-state index is 11.7. The molecular formula is C15H28N2O4.